The molecule has 2 aliphatic carbocycles. The molecule has 0 spiro atoms. The summed E-state index contributed by atoms with van der Waals surface area (Å²) in [5, 5.41) is 9.23. The van der Waals surface area contributed by atoms with Gasteiger partial charge in [-0.1, -0.05) is 30.4 Å². The normalized spacial score (nSPS) is 33.1. The maximum atomic E-state index is 12.8. The van der Waals surface area contributed by atoms with Gasteiger partial charge in [-0.15, -0.1) is 0 Å². The molecule has 22 heavy (non-hydrogen) atoms. The highest BCUT2D eigenvalue weighted by molar-refractivity contribution is 5.33. The van der Waals surface area contributed by atoms with Gasteiger partial charge >= 0.3 is 11.4 Å². The first-order valence-corrected chi connectivity index (χ1v) is 7.33. The number of hydrogen-bond donors (Lipinski definition) is 0. The molecule has 6 heteroatoms. The molecule has 1 fully saturated rings. The molecule has 1 saturated carbocycles. The zero-order valence-corrected chi connectivity index (χ0v) is 11.5. The summed E-state index contributed by atoms with van der Waals surface area (Å²) in [5.74, 6) is 0.286. The number of allylic oxidation sites excluding steroid dienone is 2. The second kappa shape index (κ2) is 3.69. The predicted molar refractivity (Wildman–Crippen MR) is 77.6 cm³/mol. The Morgan fingerprint density at radius 1 is 0.909 bits per heavy atom. The van der Waals surface area contributed by atoms with Crippen LogP contribution in [0.3, 0.4) is 0 Å². The lowest BCUT2D eigenvalue weighted by atomic mass is 9.96. The van der Waals surface area contributed by atoms with Gasteiger partial charge in [-0.3, -0.25) is 0 Å². The van der Waals surface area contributed by atoms with Crippen LogP contribution in [0.25, 0.3) is 5.69 Å². The number of rotatable bonds is 1. The molecular formula is C16H12N4O2. The van der Waals surface area contributed by atoms with Gasteiger partial charge in [-0.25, -0.2) is 23.5 Å². The van der Waals surface area contributed by atoms with Gasteiger partial charge in [0.25, 0.3) is 0 Å². The fraction of sp³-hybridized carbons (Fsp3) is 0.312. The van der Waals surface area contributed by atoms with Crippen LogP contribution in [0.15, 0.2) is 52.1 Å². The number of nitrogens with zero attached hydrogens (tertiary/aromatic N) is 4. The summed E-state index contributed by atoms with van der Waals surface area (Å²) in [4.78, 5) is 25.5. The van der Waals surface area contributed by atoms with Crippen molar-refractivity contribution in [1.82, 2.24) is 13.9 Å². The van der Waals surface area contributed by atoms with Crippen LogP contribution in [0.2, 0.25) is 0 Å². The maximum absolute atomic E-state index is 12.8. The smallest absolute Gasteiger partial charge is 0.245 e. The van der Waals surface area contributed by atoms with Crippen LogP contribution < -0.4 is 11.4 Å². The third kappa shape index (κ3) is 1.17. The molecular weight excluding hydrogens is 280 g/mol. The maximum Gasteiger partial charge on any atom is 0.352 e. The monoisotopic (exact) mass is 292 g/mol. The van der Waals surface area contributed by atoms with E-state index in [-0.39, 0.29) is 41.2 Å². The van der Waals surface area contributed by atoms with Crippen LogP contribution in [0, 0.1) is 29.1 Å². The number of benzene rings is 1. The van der Waals surface area contributed by atoms with Gasteiger partial charge < -0.3 is 0 Å². The van der Waals surface area contributed by atoms with Crippen molar-refractivity contribution >= 4 is 0 Å². The van der Waals surface area contributed by atoms with E-state index < -0.39 is 0 Å². The Morgan fingerprint density at radius 2 is 1.45 bits per heavy atom. The van der Waals surface area contributed by atoms with E-state index in [0.29, 0.717) is 5.69 Å². The van der Waals surface area contributed by atoms with E-state index in [0.717, 1.165) is 0 Å². The quantitative estimate of drug-likeness (QED) is 0.732. The largest absolute Gasteiger partial charge is 0.352 e. The molecule has 3 heterocycles. The Bertz CT molecular complexity index is 921. The van der Waals surface area contributed by atoms with E-state index in [1.165, 1.54) is 4.57 Å². The number of nitriles is 1. The molecule has 4 aliphatic rings. The van der Waals surface area contributed by atoms with Crippen LogP contribution in [0.1, 0.15) is 12.1 Å². The van der Waals surface area contributed by atoms with Crippen LogP contribution in [-0.4, -0.2) is 13.9 Å². The second-order valence-electron chi connectivity index (χ2n) is 6.10. The summed E-state index contributed by atoms with van der Waals surface area (Å²) in [5.41, 5.74) is -0.0630. The second-order valence-corrected chi connectivity index (χ2v) is 6.10. The summed E-state index contributed by atoms with van der Waals surface area (Å²) < 4.78 is 4.30. The molecule has 0 amide bonds. The van der Waals surface area contributed by atoms with Crippen LogP contribution in [-0.2, 0) is 0 Å². The molecule has 0 unspecified atom stereocenters. The molecule has 6 rings (SSSR count). The lowest BCUT2D eigenvalue weighted by molar-refractivity contribution is 0.243. The summed E-state index contributed by atoms with van der Waals surface area (Å²) in [6, 6.07) is 10.9. The Morgan fingerprint density at radius 3 is 1.95 bits per heavy atom. The molecule has 4 atom stereocenters. The van der Waals surface area contributed by atoms with Gasteiger partial charge in [0, 0.05) is 11.8 Å². The molecule has 6 nitrogen and oxygen atoms in total. The van der Waals surface area contributed by atoms with Crippen LogP contribution in [0.4, 0.5) is 0 Å². The van der Waals surface area contributed by atoms with Gasteiger partial charge in [-0.2, -0.15) is 5.26 Å². The van der Waals surface area contributed by atoms with Gasteiger partial charge in [0.1, 0.15) is 0 Å². The average Bonchev–Trinajstić information content (AvgIpc) is 3.25. The van der Waals surface area contributed by atoms with Gasteiger partial charge in [0.05, 0.1) is 29.8 Å². The SMILES string of the molecule is N#CC1[C@H]2[C@H]1[C@H]1C=C[C@H]2n2c(=O)n(-c3ccccc3)c(=O)n21. The molecule has 2 bridgehead atoms. The van der Waals surface area contributed by atoms with E-state index in [1.54, 1.807) is 33.6 Å². The standard InChI is InChI=1S/C16H12N4O2/c17-8-10-13-11-6-7-12(14(10)13)20-16(22)18(15(21)19(11)20)9-4-2-1-3-5-9/h1-7,10-14H/t11-,12-,13-,14-/m1/s1. The third-order valence-electron chi connectivity index (χ3n) is 5.16. The molecule has 0 N–H and O–H groups in total. The van der Waals surface area contributed by atoms with Crippen molar-refractivity contribution < 1.29 is 0 Å². The van der Waals surface area contributed by atoms with Crippen LogP contribution >= 0.6 is 0 Å². The van der Waals surface area contributed by atoms with Crippen molar-refractivity contribution in [3.8, 4) is 11.8 Å². The Hall–Kier alpha value is -2.81. The highest BCUT2D eigenvalue weighted by atomic mass is 16.2. The average molecular weight is 292 g/mol. The summed E-state index contributed by atoms with van der Waals surface area (Å²) >= 11 is 0. The van der Waals surface area contributed by atoms with E-state index in [4.69, 9.17) is 0 Å². The van der Waals surface area contributed by atoms with Gasteiger partial charge in [0.2, 0.25) is 0 Å². The van der Waals surface area contributed by atoms with Crippen LogP contribution in [0.5, 0.6) is 0 Å². The highest BCUT2D eigenvalue weighted by Crippen LogP contribution is 2.62. The van der Waals surface area contributed by atoms with Crippen molar-refractivity contribution in [1.29, 1.82) is 5.26 Å². The van der Waals surface area contributed by atoms with Crippen molar-refractivity contribution in [2.75, 3.05) is 0 Å². The summed E-state index contributed by atoms with van der Waals surface area (Å²) in [6.07, 6.45) is 3.94. The molecule has 2 aromatic rings. The van der Waals surface area contributed by atoms with E-state index in [1.807, 2.05) is 18.2 Å². The molecule has 0 radical (unpaired) electrons. The first kappa shape index (κ1) is 11.8. The zero-order valence-electron chi connectivity index (χ0n) is 11.5. The minimum atomic E-state index is -0.322. The van der Waals surface area contributed by atoms with E-state index in [9.17, 15) is 14.9 Å². The first-order valence-electron chi connectivity index (χ1n) is 7.33. The third-order valence-corrected chi connectivity index (χ3v) is 5.16. The highest BCUT2D eigenvalue weighted by Gasteiger charge is 2.64. The molecule has 1 aromatic carbocycles. The molecule has 2 aliphatic heterocycles. The van der Waals surface area contributed by atoms with Crippen molar-refractivity contribution in [2.24, 2.45) is 17.8 Å². The molecule has 0 saturated heterocycles. The van der Waals surface area contributed by atoms with Gasteiger partial charge in [0.15, 0.2) is 0 Å². The number of para-hydroxylation sites is 1. The Balaban J connectivity index is 1.78. The fourth-order valence-corrected chi connectivity index (χ4v) is 4.20. The topological polar surface area (TPSA) is 72.7 Å². The summed E-state index contributed by atoms with van der Waals surface area (Å²) in [6.45, 7) is 0. The Kier molecular flexibility index (Phi) is 1.98. The lowest BCUT2D eigenvalue weighted by Crippen LogP contribution is -2.40. The van der Waals surface area contributed by atoms with Crippen molar-refractivity contribution in [3.63, 3.8) is 0 Å². The fourth-order valence-electron chi connectivity index (χ4n) is 4.20. The van der Waals surface area contributed by atoms with Crippen molar-refractivity contribution in [2.45, 2.75) is 12.1 Å². The first-order chi connectivity index (χ1) is 10.7. The molecule has 1 aromatic heterocycles. The summed E-state index contributed by atoms with van der Waals surface area (Å²) in [7, 11) is 0. The van der Waals surface area contributed by atoms with Gasteiger partial charge in [-0.05, 0) is 12.1 Å². The zero-order chi connectivity index (χ0) is 15.0. The van der Waals surface area contributed by atoms with E-state index >= 15 is 0 Å². The predicted octanol–water partition coefficient (Wildman–Crippen LogP) is 0.852. The number of hydrogen-bond acceptors (Lipinski definition) is 3. The Labute approximate surface area is 125 Å². The van der Waals surface area contributed by atoms with E-state index in [2.05, 4.69) is 6.07 Å². The van der Waals surface area contributed by atoms with Crippen molar-refractivity contribution in [3.05, 3.63) is 63.5 Å². The minimum absolute atomic E-state index is 0.0543. The minimum Gasteiger partial charge on any atom is -0.245 e. The molecule has 108 valence electrons. The number of aromatic nitrogens is 3. The lowest BCUT2D eigenvalue weighted by Gasteiger charge is -2.32.